The van der Waals surface area contributed by atoms with E-state index in [1.807, 2.05) is 0 Å². The smallest absolute Gasteiger partial charge is 0.0355 e. The van der Waals surface area contributed by atoms with Gasteiger partial charge in [-0.25, -0.2) is 0 Å². The SMILES string of the molecule is [CH2]CCCCC(C(CC)CC)C(CCCCCCC)C(CCCCC)CCCCC. The van der Waals surface area contributed by atoms with Gasteiger partial charge in [0, 0.05) is 0 Å². The normalized spacial score (nSPS) is 14.0. The average molecular weight is 422 g/mol. The molecular formula is C30H61. The fourth-order valence-corrected chi connectivity index (χ4v) is 5.92. The maximum Gasteiger partial charge on any atom is -0.0355 e. The van der Waals surface area contributed by atoms with Gasteiger partial charge in [-0.1, -0.05) is 157 Å². The zero-order valence-corrected chi connectivity index (χ0v) is 22.2. The molecule has 0 aromatic carbocycles. The van der Waals surface area contributed by atoms with Crippen LogP contribution in [0.5, 0.6) is 0 Å². The molecule has 0 aliphatic rings. The highest BCUT2D eigenvalue weighted by Crippen LogP contribution is 2.42. The zero-order valence-electron chi connectivity index (χ0n) is 22.2. The van der Waals surface area contributed by atoms with Gasteiger partial charge in [0.25, 0.3) is 0 Å². The molecule has 1 radical (unpaired) electrons. The molecule has 0 aliphatic heterocycles. The number of rotatable bonds is 23. The van der Waals surface area contributed by atoms with Crippen LogP contribution in [0.2, 0.25) is 0 Å². The Balaban J connectivity index is 5.41. The van der Waals surface area contributed by atoms with Crippen molar-refractivity contribution in [2.24, 2.45) is 23.7 Å². The standard InChI is InChI=1S/C30H61/c1-7-13-17-18-22-26-30(28(23-19-14-8-2)24-20-15-9-3)29(25-21-16-10-4)27(11-5)12-6/h27-30H,4,7-26H2,1-3,5-6H3. The minimum absolute atomic E-state index is 0.940. The van der Waals surface area contributed by atoms with Crippen LogP contribution in [-0.4, -0.2) is 0 Å². The van der Waals surface area contributed by atoms with Crippen molar-refractivity contribution in [1.82, 2.24) is 0 Å². The first kappa shape index (κ1) is 30.0. The monoisotopic (exact) mass is 421 g/mol. The van der Waals surface area contributed by atoms with Crippen LogP contribution in [0.1, 0.15) is 163 Å². The van der Waals surface area contributed by atoms with Crippen molar-refractivity contribution in [3.63, 3.8) is 0 Å². The molecule has 0 fully saturated rings. The van der Waals surface area contributed by atoms with Crippen LogP contribution in [0.3, 0.4) is 0 Å². The lowest BCUT2D eigenvalue weighted by Crippen LogP contribution is -2.30. The molecule has 181 valence electrons. The fraction of sp³-hybridized carbons (Fsp3) is 0.967. The summed E-state index contributed by atoms with van der Waals surface area (Å²) in [5.41, 5.74) is 0. The van der Waals surface area contributed by atoms with Crippen molar-refractivity contribution < 1.29 is 0 Å². The topological polar surface area (TPSA) is 0 Å². The minimum Gasteiger partial charge on any atom is -0.0654 e. The molecule has 0 bridgehead atoms. The van der Waals surface area contributed by atoms with E-state index < -0.39 is 0 Å². The van der Waals surface area contributed by atoms with Gasteiger partial charge in [0.1, 0.15) is 0 Å². The number of unbranched alkanes of at least 4 members (excludes halogenated alkanes) is 10. The maximum absolute atomic E-state index is 4.13. The Morgan fingerprint density at radius 2 is 0.833 bits per heavy atom. The van der Waals surface area contributed by atoms with E-state index in [1.165, 1.54) is 122 Å². The van der Waals surface area contributed by atoms with Crippen LogP contribution in [0.25, 0.3) is 0 Å². The Kier molecular flexibility index (Phi) is 22.2. The van der Waals surface area contributed by atoms with Crippen LogP contribution < -0.4 is 0 Å². The van der Waals surface area contributed by atoms with Gasteiger partial charge in [0.15, 0.2) is 0 Å². The number of hydrogen-bond acceptors (Lipinski definition) is 0. The fourth-order valence-electron chi connectivity index (χ4n) is 5.92. The molecule has 0 nitrogen and oxygen atoms in total. The highest BCUT2D eigenvalue weighted by Gasteiger charge is 2.32. The van der Waals surface area contributed by atoms with E-state index in [9.17, 15) is 0 Å². The lowest BCUT2D eigenvalue weighted by molar-refractivity contribution is 0.112. The van der Waals surface area contributed by atoms with Crippen molar-refractivity contribution in [2.45, 2.75) is 163 Å². The highest BCUT2D eigenvalue weighted by molar-refractivity contribution is 4.82. The van der Waals surface area contributed by atoms with Crippen molar-refractivity contribution in [3.8, 4) is 0 Å². The van der Waals surface area contributed by atoms with Gasteiger partial charge in [-0.2, -0.15) is 0 Å². The summed E-state index contributed by atoms with van der Waals surface area (Å²) in [6, 6.07) is 0. The first-order valence-corrected chi connectivity index (χ1v) is 14.5. The molecule has 0 N–H and O–H groups in total. The van der Waals surface area contributed by atoms with Gasteiger partial charge < -0.3 is 0 Å². The molecule has 0 amide bonds. The van der Waals surface area contributed by atoms with Gasteiger partial charge in [-0.3, -0.25) is 0 Å². The van der Waals surface area contributed by atoms with Crippen LogP contribution in [0.15, 0.2) is 0 Å². The minimum atomic E-state index is 0.940. The Bertz CT molecular complexity index is 306. The highest BCUT2D eigenvalue weighted by atomic mass is 14.4. The lowest BCUT2D eigenvalue weighted by atomic mass is 9.66. The molecule has 0 heterocycles. The Hall–Kier alpha value is 0. The maximum atomic E-state index is 4.13. The molecule has 30 heavy (non-hydrogen) atoms. The first-order chi connectivity index (χ1) is 14.7. The second-order valence-electron chi connectivity index (χ2n) is 10.2. The quantitative estimate of drug-likeness (QED) is 0.144. The third kappa shape index (κ3) is 14.1. The summed E-state index contributed by atoms with van der Waals surface area (Å²) in [6.45, 7) is 16.1. The summed E-state index contributed by atoms with van der Waals surface area (Å²) < 4.78 is 0. The molecule has 0 saturated heterocycles. The van der Waals surface area contributed by atoms with E-state index in [-0.39, 0.29) is 0 Å². The molecule has 2 unspecified atom stereocenters. The van der Waals surface area contributed by atoms with E-state index in [0.717, 1.165) is 30.1 Å². The second-order valence-corrected chi connectivity index (χ2v) is 10.2. The van der Waals surface area contributed by atoms with Crippen LogP contribution in [0.4, 0.5) is 0 Å². The molecule has 0 aliphatic carbocycles. The van der Waals surface area contributed by atoms with Gasteiger partial charge in [-0.05, 0) is 36.5 Å². The van der Waals surface area contributed by atoms with Crippen molar-refractivity contribution in [1.29, 1.82) is 0 Å². The van der Waals surface area contributed by atoms with E-state index >= 15 is 0 Å². The molecule has 0 heteroatoms. The third-order valence-electron chi connectivity index (χ3n) is 7.85. The van der Waals surface area contributed by atoms with Crippen LogP contribution in [0, 0.1) is 30.6 Å². The Morgan fingerprint density at radius 3 is 1.30 bits per heavy atom. The Labute approximate surface area is 193 Å². The van der Waals surface area contributed by atoms with E-state index in [1.54, 1.807) is 0 Å². The third-order valence-corrected chi connectivity index (χ3v) is 7.85. The predicted octanol–water partition coefficient (Wildman–Crippen LogP) is 11.2. The van der Waals surface area contributed by atoms with Gasteiger partial charge in [0.05, 0.1) is 0 Å². The number of hydrogen-bond donors (Lipinski definition) is 0. The zero-order chi connectivity index (χ0) is 22.5. The largest absolute Gasteiger partial charge is 0.0654 e. The second kappa shape index (κ2) is 22.2. The van der Waals surface area contributed by atoms with E-state index in [4.69, 9.17) is 0 Å². The first-order valence-electron chi connectivity index (χ1n) is 14.5. The van der Waals surface area contributed by atoms with Crippen LogP contribution in [-0.2, 0) is 0 Å². The summed E-state index contributed by atoms with van der Waals surface area (Å²) in [4.78, 5) is 0. The summed E-state index contributed by atoms with van der Waals surface area (Å²) in [7, 11) is 0. The average Bonchev–Trinajstić information content (AvgIpc) is 2.76. The molecular weight excluding hydrogens is 360 g/mol. The summed E-state index contributed by atoms with van der Waals surface area (Å²) >= 11 is 0. The molecule has 0 saturated carbocycles. The van der Waals surface area contributed by atoms with Crippen molar-refractivity contribution >= 4 is 0 Å². The molecule has 0 rings (SSSR count). The Morgan fingerprint density at radius 1 is 0.433 bits per heavy atom. The van der Waals surface area contributed by atoms with Crippen LogP contribution >= 0.6 is 0 Å². The predicted molar refractivity (Wildman–Crippen MR) is 140 cm³/mol. The van der Waals surface area contributed by atoms with E-state index in [2.05, 4.69) is 41.5 Å². The summed E-state index contributed by atoms with van der Waals surface area (Å²) in [6.07, 6.45) is 28.3. The van der Waals surface area contributed by atoms with Gasteiger partial charge in [-0.15, -0.1) is 0 Å². The summed E-state index contributed by atoms with van der Waals surface area (Å²) in [5.74, 6) is 3.87. The molecule has 0 aromatic heterocycles. The molecule has 0 spiro atoms. The van der Waals surface area contributed by atoms with Crippen molar-refractivity contribution in [3.05, 3.63) is 6.92 Å². The van der Waals surface area contributed by atoms with Gasteiger partial charge in [0.2, 0.25) is 0 Å². The van der Waals surface area contributed by atoms with E-state index in [0.29, 0.717) is 0 Å². The molecule has 0 aromatic rings. The summed E-state index contributed by atoms with van der Waals surface area (Å²) in [5, 5.41) is 0. The van der Waals surface area contributed by atoms with Crippen molar-refractivity contribution in [2.75, 3.05) is 0 Å². The molecule has 2 atom stereocenters. The van der Waals surface area contributed by atoms with Gasteiger partial charge >= 0.3 is 0 Å². The lowest BCUT2D eigenvalue weighted by Gasteiger charge is -2.39.